The third-order valence-corrected chi connectivity index (χ3v) is 4.18. The topological polar surface area (TPSA) is 20.3 Å². The maximum absolute atomic E-state index is 12.4. The van der Waals surface area contributed by atoms with Crippen molar-refractivity contribution in [2.24, 2.45) is 0 Å². The lowest BCUT2D eigenvalue weighted by Crippen LogP contribution is -2.36. The largest absolute Gasteiger partial charge is 0.412 e. The van der Waals surface area contributed by atoms with Crippen LogP contribution in [-0.2, 0) is 0 Å². The van der Waals surface area contributed by atoms with Crippen LogP contribution in [0.15, 0.2) is 26.9 Å². The number of nitrogens with zero attached hydrogens (tertiary/aromatic N) is 1. The first-order valence-electron chi connectivity index (χ1n) is 5.17. The lowest BCUT2D eigenvalue weighted by atomic mass is 10.1. The van der Waals surface area contributed by atoms with Gasteiger partial charge < -0.3 is 4.90 Å². The molecule has 1 aliphatic rings. The maximum Gasteiger partial charge on any atom is 0.412 e. The molecule has 2 rings (SSSR count). The Bertz CT molecular complexity index is 495. The number of amides is 1. The summed E-state index contributed by atoms with van der Waals surface area (Å²) >= 11 is 4.62. The van der Waals surface area contributed by atoms with E-state index in [1.54, 1.807) is 11.4 Å². The molecule has 0 aliphatic carbocycles. The summed E-state index contributed by atoms with van der Waals surface area (Å²) in [4.78, 5) is 13.4. The molecule has 0 bridgehead atoms. The van der Waals surface area contributed by atoms with Crippen molar-refractivity contribution in [3.05, 3.63) is 32.4 Å². The summed E-state index contributed by atoms with van der Waals surface area (Å²) in [6.45, 7) is 0.124. The van der Waals surface area contributed by atoms with E-state index in [9.17, 15) is 18.0 Å². The molecule has 0 fully saturated rings. The molecule has 0 spiro atoms. The first-order chi connectivity index (χ1) is 8.38. The van der Waals surface area contributed by atoms with E-state index in [2.05, 4.69) is 15.9 Å². The molecular formula is C11H9BrF3NOS. The van der Waals surface area contributed by atoms with Crippen molar-refractivity contribution < 1.29 is 18.0 Å². The number of rotatable bonds is 1. The van der Waals surface area contributed by atoms with Crippen molar-refractivity contribution in [2.45, 2.75) is 12.6 Å². The SMILES string of the molecule is O=C(c1csc(Br)c1)N1CC=C(C(F)(F)F)CC1. The number of hydrogen-bond donors (Lipinski definition) is 0. The van der Waals surface area contributed by atoms with E-state index < -0.39 is 11.7 Å². The molecule has 0 aromatic carbocycles. The van der Waals surface area contributed by atoms with Gasteiger partial charge in [0.05, 0.1) is 9.35 Å². The lowest BCUT2D eigenvalue weighted by Gasteiger charge is -2.27. The van der Waals surface area contributed by atoms with Gasteiger partial charge in [-0.1, -0.05) is 6.08 Å². The number of carbonyl (C=O) groups is 1. The zero-order chi connectivity index (χ0) is 13.3. The van der Waals surface area contributed by atoms with Crippen LogP contribution in [0.3, 0.4) is 0 Å². The number of hydrogen-bond acceptors (Lipinski definition) is 2. The second-order valence-electron chi connectivity index (χ2n) is 3.87. The van der Waals surface area contributed by atoms with E-state index in [0.29, 0.717) is 5.56 Å². The first kappa shape index (κ1) is 13.6. The van der Waals surface area contributed by atoms with Crippen LogP contribution in [0.5, 0.6) is 0 Å². The predicted molar refractivity (Wildman–Crippen MR) is 66.7 cm³/mol. The summed E-state index contributed by atoms with van der Waals surface area (Å²) < 4.78 is 38.1. The van der Waals surface area contributed by atoms with Crippen LogP contribution in [0.4, 0.5) is 13.2 Å². The summed E-state index contributed by atoms with van der Waals surface area (Å²) in [5.74, 6) is -0.227. The summed E-state index contributed by atoms with van der Waals surface area (Å²) in [5, 5.41) is 1.69. The summed E-state index contributed by atoms with van der Waals surface area (Å²) in [5.41, 5.74) is -0.0335. The van der Waals surface area contributed by atoms with Crippen LogP contribution >= 0.6 is 27.3 Å². The molecule has 2 nitrogen and oxygen atoms in total. The average Bonchev–Trinajstić information content (AvgIpc) is 2.74. The zero-order valence-corrected chi connectivity index (χ0v) is 11.5. The van der Waals surface area contributed by atoms with Crippen LogP contribution < -0.4 is 0 Å². The Hall–Kier alpha value is -0.820. The van der Waals surface area contributed by atoms with E-state index in [0.717, 1.165) is 9.86 Å². The highest BCUT2D eigenvalue weighted by Crippen LogP contribution is 2.30. The van der Waals surface area contributed by atoms with E-state index in [4.69, 9.17) is 0 Å². The molecule has 0 saturated carbocycles. The van der Waals surface area contributed by atoms with Crippen LogP contribution in [-0.4, -0.2) is 30.1 Å². The molecule has 7 heteroatoms. The molecule has 0 unspecified atom stereocenters. The highest BCUT2D eigenvalue weighted by atomic mass is 79.9. The second-order valence-corrected chi connectivity index (χ2v) is 6.16. The number of carbonyl (C=O) groups excluding carboxylic acids is 1. The van der Waals surface area contributed by atoms with Gasteiger partial charge in [-0.05, 0) is 28.4 Å². The Morgan fingerprint density at radius 1 is 1.44 bits per heavy atom. The van der Waals surface area contributed by atoms with Gasteiger partial charge in [0.15, 0.2) is 0 Å². The molecule has 0 saturated heterocycles. The van der Waals surface area contributed by atoms with Gasteiger partial charge in [0.1, 0.15) is 0 Å². The lowest BCUT2D eigenvalue weighted by molar-refractivity contribution is -0.0957. The van der Waals surface area contributed by atoms with Gasteiger partial charge in [0, 0.05) is 24.0 Å². The molecule has 0 N–H and O–H groups in total. The molecule has 18 heavy (non-hydrogen) atoms. The van der Waals surface area contributed by atoms with E-state index >= 15 is 0 Å². The Kier molecular flexibility index (Phi) is 3.82. The second kappa shape index (κ2) is 5.05. The molecule has 1 aromatic rings. The van der Waals surface area contributed by atoms with E-state index in [1.165, 1.54) is 16.2 Å². The van der Waals surface area contributed by atoms with Crippen LogP contribution in [0.1, 0.15) is 16.8 Å². The van der Waals surface area contributed by atoms with Gasteiger partial charge in [0.25, 0.3) is 5.91 Å². The highest BCUT2D eigenvalue weighted by molar-refractivity contribution is 9.11. The Labute approximate surface area is 114 Å². The normalized spacial score (nSPS) is 16.7. The molecule has 2 heterocycles. The fourth-order valence-electron chi connectivity index (χ4n) is 1.72. The van der Waals surface area contributed by atoms with Gasteiger partial charge >= 0.3 is 6.18 Å². The van der Waals surface area contributed by atoms with E-state index in [1.807, 2.05) is 0 Å². The Balaban J connectivity index is 2.06. The van der Waals surface area contributed by atoms with Crippen molar-refractivity contribution >= 4 is 33.2 Å². The maximum atomic E-state index is 12.4. The van der Waals surface area contributed by atoms with Crippen molar-refractivity contribution in [3.63, 3.8) is 0 Å². The van der Waals surface area contributed by atoms with Crippen LogP contribution in [0.2, 0.25) is 0 Å². The quantitative estimate of drug-likeness (QED) is 0.712. The standard InChI is InChI=1S/C11H9BrF3NOS/c12-9-5-7(6-18-9)10(17)16-3-1-8(2-4-16)11(13,14)15/h1,5-6H,2-4H2. The van der Waals surface area contributed by atoms with Crippen LogP contribution in [0, 0.1) is 0 Å². The number of thiophene rings is 1. The zero-order valence-electron chi connectivity index (χ0n) is 9.13. The highest BCUT2D eigenvalue weighted by Gasteiger charge is 2.35. The molecule has 1 amide bonds. The minimum absolute atomic E-state index is 0.0150. The van der Waals surface area contributed by atoms with Gasteiger partial charge in [0.2, 0.25) is 0 Å². The van der Waals surface area contributed by atoms with Crippen molar-refractivity contribution in [2.75, 3.05) is 13.1 Å². The Morgan fingerprint density at radius 3 is 2.61 bits per heavy atom. The molecule has 0 radical (unpaired) electrons. The monoisotopic (exact) mass is 339 g/mol. The summed E-state index contributed by atoms with van der Waals surface area (Å²) in [6.07, 6.45) is -3.33. The minimum atomic E-state index is -4.28. The molecule has 1 aliphatic heterocycles. The molecule has 1 aromatic heterocycles. The first-order valence-corrected chi connectivity index (χ1v) is 6.85. The fraction of sp³-hybridized carbons (Fsp3) is 0.364. The van der Waals surface area contributed by atoms with Gasteiger partial charge in [-0.25, -0.2) is 0 Å². The molecular weight excluding hydrogens is 331 g/mol. The third-order valence-electron chi connectivity index (χ3n) is 2.67. The fourth-order valence-corrected chi connectivity index (χ4v) is 2.85. The smallest absolute Gasteiger partial charge is 0.335 e. The number of halogens is 4. The number of alkyl halides is 3. The summed E-state index contributed by atoms with van der Waals surface area (Å²) in [7, 11) is 0. The van der Waals surface area contributed by atoms with Gasteiger partial charge in [-0.2, -0.15) is 13.2 Å². The molecule has 98 valence electrons. The minimum Gasteiger partial charge on any atom is -0.335 e. The van der Waals surface area contributed by atoms with Gasteiger partial charge in [-0.15, -0.1) is 11.3 Å². The van der Waals surface area contributed by atoms with Crippen molar-refractivity contribution in [3.8, 4) is 0 Å². The average molecular weight is 340 g/mol. The Morgan fingerprint density at radius 2 is 2.17 bits per heavy atom. The van der Waals surface area contributed by atoms with Crippen LogP contribution in [0.25, 0.3) is 0 Å². The predicted octanol–water partition coefficient (Wildman–Crippen LogP) is 3.85. The van der Waals surface area contributed by atoms with Gasteiger partial charge in [-0.3, -0.25) is 4.79 Å². The summed E-state index contributed by atoms with van der Waals surface area (Å²) in [6, 6.07) is 1.68. The third kappa shape index (κ3) is 2.95. The van der Waals surface area contributed by atoms with Crippen molar-refractivity contribution in [1.29, 1.82) is 0 Å². The van der Waals surface area contributed by atoms with E-state index in [-0.39, 0.29) is 25.4 Å². The molecule has 0 atom stereocenters. The van der Waals surface area contributed by atoms with Crippen molar-refractivity contribution in [1.82, 2.24) is 4.90 Å².